The van der Waals surface area contributed by atoms with Crippen molar-refractivity contribution in [3.05, 3.63) is 27.8 Å². The molecule has 8 nitrogen and oxygen atoms in total. The third kappa shape index (κ3) is 6.93. The first kappa shape index (κ1) is 27.1. The van der Waals surface area contributed by atoms with Crippen molar-refractivity contribution >= 4 is 22.0 Å². The lowest BCUT2D eigenvalue weighted by Gasteiger charge is -2.33. The second kappa shape index (κ2) is 10.4. The molecule has 1 heterocycles. The minimum atomic E-state index is -3.73. The van der Waals surface area contributed by atoms with E-state index in [9.17, 15) is 18.0 Å². The number of likely N-dealkylation sites (tertiary alicyclic amines) is 1. The number of nitrogens with one attached hydrogen (secondary N) is 2. The van der Waals surface area contributed by atoms with Gasteiger partial charge in [-0.1, -0.05) is 0 Å². The van der Waals surface area contributed by atoms with Crippen LogP contribution in [0, 0.1) is 34.6 Å². The summed E-state index contributed by atoms with van der Waals surface area (Å²) in [5, 5.41) is 2.85. The van der Waals surface area contributed by atoms with Crippen molar-refractivity contribution in [2.45, 2.75) is 91.2 Å². The van der Waals surface area contributed by atoms with Gasteiger partial charge in [-0.15, -0.1) is 0 Å². The predicted octanol–water partition coefficient (Wildman–Crippen LogP) is 3.41. The van der Waals surface area contributed by atoms with Crippen molar-refractivity contribution in [1.82, 2.24) is 14.9 Å². The molecule has 1 fully saturated rings. The van der Waals surface area contributed by atoms with Crippen molar-refractivity contribution < 1.29 is 22.7 Å². The Balaban J connectivity index is 1.89. The quantitative estimate of drug-likeness (QED) is 0.648. The van der Waals surface area contributed by atoms with Gasteiger partial charge in [0.15, 0.2) is 0 Å². The van der Waals surface area contributed by atoms with E-state index >= 15 is 0 Å². The number of alkyl carbamates (subject to hydrolysis) is 1. The highest BCUT2D eigenvalue weighted by Crippen LogP contribution is 2.29. The van der Waals surface area contributed by atoms with E-state index in [-0.39, 0.29) is 24.9 Å². The van der Waals surface area contributed by atoms with Gasteiger partial charge in [-0.25, -0.2) is 17.9 Å². The number of nitrogens with zero attached hydrogens (tertiary/aromatic N) is 1. The summed E-state index contributed by atoms with van der Waals surface area (Å²) >= 11 is 0. The molecule has 0 aromatic heterocycles. The SMILES string of the molecule is Cc1c(C)c(C)c(S(=O)(=O)NCCC(=O)N2CCC(NC(=O)OC(C)(C)C)CC2)c(C)c1C. The molecule has 0 saturated carbocycles. The number of rotatable bonds is 6. The molecule has 2 N–H and O–H groups in total. The van der Waals surface area contributed by atoms with Crippen LogP contribution in [0.4, 0.5) is 4.79 Å². The Hall–Kier alpha value is -2.13. The average Bonchev–Trinajstić information content (AvgIpc) is 2.69. The van der Waals surface area contributed by atoms with Crippen molar-refractivity contribution in [2.75, 3.05) is 19.6 Å². The van der Waals surface area contributed by atoms with E-state index in [0.717, 1.165) is 27.8 Å². The van der Waals surface area contributed by atoms with E-state index in [2.05, 4.69) is 10.0 Å². The molecule has 0 atom stereocenters. The molecule has 2 amide bonds. The fraction of sp³-hybridized carbons (Fsp3) is 0.667. The van der Waals surface area contributed by atoms with Crippen LogP contribution in [0.15, 0.2) is 4.90 Å². The van der Waals surface area contributed by atoms with Crippen LogP contribution in [0.5, 0.6) is 0 Å². The monoisotopic (exact) mass is 481 g/mol. The zero-order valence-corrected chi connectivity index (χ0v) is 22.0. The summed E-state index contributed by atoms with van der Waals surface area (Å²) in [6.45, 7) is 16.0. The van der Waals surface area contributed by atoms with Crippen molar-refractivity contribution in [3.63, 3.8) is 0 Å². The predicted molar refractivity (Wildman–Crippen MR) is 129 cm³/mol. The Kier molecular flexibility index (Phi) is 8.57. The van der Waals surface area contributed by atoms with Crippen LogP contribution in [-0.2, 0) is 19.6 Å². The molecular weight excluding hydrogens is 442 g/mol. The molecule has 0 bridgehead atoms. The van der Waals surface area contributed by atoms with E-state index in [0.29, 0.717) is 30.8 Å². The molecule has 33 heavy (non-hydrogen) atoms. The van der Waals surface area contributed by atoms with Gasteiger partial charge in [0.25, 0.3) is 0 Å². The van der Waals surface area contributed by atoms with E-state index in [1.807, 2.05) is 55.4 Å². The van der Waals surface area contributed by atoms with Crippen LogP contribution in [0.1, 0.15) is 67.9 Å². The molecule has 1 aromatic rings. The Bertz CT molecular complexity index is 975. The van der Waals surface area contributed by atoms with Crippen LogP contribution < -0.4 is 10.0 Å². The van der Waals surface area contributed by atoms with Crippen LogP contribution in [-0.4, -0.2) is 56.6 Å². The molecule has 1 aromatic carbocycles. The maximum Gasteiger partial charge on any atom is 0.407 e. The van der Waals surface area contributed by atoms with Gasteiger partial charge in [-0.05, 0) is 96.0 Å². The number of ether oxygens (including phenoxy) is 1. The van der Waals surface area contributed by atoms with Crippen LogP contribution in [0.3, 0.4) is 0 Å². The first-order valence-corrected chi connectivity index (χ1v) is 13.0. The van der Waals surface area contributed by atoms with Crippen molar-refractivity contribution in [3.8, 4) is 0 Å². The number of piperidine rings is 1. The Labute approximate surface area is 198 Å². The summed E-state index contributed by atoms with van der Waals surface area (Å²) < 4.78 is 33.9. The molecule has 9 heteroatoms. The third-order valence-electron chi connectivity index (χ3n) is 6.40. The molecule has 1 aliphatic heterocycles. The second-order valence-electron chi connectivity index (χ2n) is 9.90. The van der Waals surface area contributed by atoms with Gasteiger partial charge in [0.05, 0.1) is 4.90 Å². The standard InChI is InChI=1S/C24H39N3O5S/c1-15-16(2)18(4)22(19(5)17(15)3)33(30,31)25-12-9-21(28)27-13-10-20(11-14-27)26-23(29)32-24(6,7)8/h20,25H,9-14H2,1-8H3,(H,26,29). The van der Waals surface area contributed by atoms with Gasteiger partial charge in [-0.2, -0.15) is 0 Å². The highest BCUT2D eigenvalue weighted by molar-refractivity contribution is 7.89. The Morgan fingerprint density at radius 1 is 0.939 bits per heavy atom. The molecule has 0 unspecified atom stereocenters. The van der Waals surface area contributed by atoms with Crippen LogP contribution in [0.2, 0.25) is 0 Å². The Morgan fingerprint density at radius 3 is 1.91 bits per heavy atom. The molecule has 0 radical (unpaired) electrons. The van der Waals surface area contributed by atoms with Crippen LogP contribution in [0.25, 0.3) is 0 Å². The van der Waals surface area contributed by atoms with E-state index < -0.39 is 21.7 Å². The molecule has 0 aliphatic carbocycles. The third-order valence-corrected chi connectivity index (χ3v) is 8.13. The van der Waals surface area contributed by atoms with Crippen molar-refractivity contribution in [1.29, 1.82) is 0 Å². The summed E-state index contributed by atoms with van der Waals surface area (Å²) in [4.78, 5) is 26.6. The second-order valence-corrected chi connectivity index (χ2v) is 11.6. The number of amides is 2. The Morgan fingerprint density at radius 2 is 1.42 bits per heavy atom. The normalized spacial score (nSPS) is 15.5. The fourth-order valence-corrected chi connectivity index (χ4v) is 5.77. The number of sulfonamides is 1. The molecular formula is C24H39N3O5S. The largest absolute Gasteiger partial charge is 0.444 e. The first-order valence-electron chi connectivity index (χ1n) is 11.5. The van der Waals surface area contributed by atoms with Gasteiger partial charge < -0.3 is 15.0 Å². The highest BCUT2D eigenvalue weighted by atomic mass is 32.2. The minimum absolute atomic E-state index is 0.0404. The van der Waals surface area contributed by atoms with Crippen molar-refractivity contribution in [2.24, 2.45) is 0 Å². The van der Waals surface area contributed by atoms with Gasteiger partial charge in [0, 0.05) is 32.1 Å². The zero-order valence-electron chi connectivity index (χ0n) is 21.2. The number of hydrogen-bond donors (Lipinski definition) is 2. The molecule has 0 spiro atoms. The van der Waals surface area contributed by atoms with Gasteiger partial charge in [-0.3, -0.25) is 4.79 Å². The molecule has 1 aliphatic rings. The average molecular weight is 482 g/mol. The summed E-state index contributed by atoms with van der Waals surface area (Å²) in [7, 11) is -3.73. The summed E-state index contributed by atoms with van der Waals surface area (Å²) in [6.07, 6.45) is 0.910. The number of carbonyl (C=O) groups excluding carboxylic acids is 2. The van der Waals surface area contributed by atoms with Gasteiger partial charge >= 0.3 is 6.09 Å². The zero-order chi connectivity index (χ0) is 25.1. The first-order chi connectivity index (χ1) is 15.1. The fourth-order valence-electron chi connectivity index (χ4n) is 4.14. The number of benzene rings is 1. The summed E-state index contributed by atoms with van der Waals surface area (Å²) in [5.41, 5.74) is 3.97. The smallest absolute Gasteiger partial charge is 0.407 e. The topological polar surface area (TPSA) is 105 Å². The lowest BCUT2D eigenvalue weighted by Crippen LogP contribution is -2.48. The van der Waals surface area contributed by atoms with E-state index in [1.54, 1.807) is 4.90 Å². The van der Waals surface area contributed by atoms with Crippen LogP contribution >= 0.6 is 0 Å². The molecule has 186 valence electrons. The summed E-state index contributed by atoms with van der Waals surface area (Å²) in [6, 6.07) is -0.0404. The summed E-state index contributed by atoms with van der Waals surface area (Å²) in [5.74, 6) is -0.0990. The molecule has 1 saturated heterocycles. The van der Waals surface area contributed by atoms with Gasteiger partial charge in [0.1, 0.15) is 5.60 Å². The lowest BCUT2D eigenvalue weighted by molar-refractivity contribution is -0.132. The van der Waals surface area contributed by atoms with Gasteiger partial charge in [0.2, 0.25) is 15.9 Å². The highest BCUT2D eigenvalue weighted by Gasteiger charge is 2.27. The number of hydrogen-bond acceptors (Lipinski definition) is 5. The maximum absolute atomic E-state index is 13.0. The molecule has 2 rings (SSSR count). The number of carbonyl (C=O) groups is 2. The lowest BCUT2D eigenvalue weighted by atomic mass is 9.95. The maximum atomic E-state index is 13.0. The minimum Gasteiger partial charge on any atom is -0.444 e. The van der Waals surface area contributed by atoms with E-state index in [4.69, 9.17) is 4.74 Å². The van der Waals surface area contributed by atoms with E-state index in [1.165, 1.54) is 0 Å².